The molecule has 0 radical (unpaired) electrons. The number of carbonyl (C=O) groups excluding carboxylic acids is 1. The van der Waals surface area contributed by atoms with Gasteiger partial charge >= 0.3 is 0 Å². The lowest BCUT2D eigenvalue weighted by Gasteiger charge is -2.42. The molecular formula is C21H20N2O. The van der Waals surface area contributed by atoms with Crippen LogP contribution >= 0.6 is 0 Å². The summed E-state index contributed by atoms with van der Waals surface area (Å²) in [6.45, 7) is 0.687. The summed E-state index contributed by atoms with van der Waals surface area (Å²) in [7, 11) is 0. The van der Waals surface area contributed by atoms with Crippen LogP contribution in [0.3, 0.4) is 0 Å². The van der Waals surface area contributed by atoms with E-state index in [9.17, 15) is 4.79 Å². The third kappa shape index (κ3) is 2.56. The summed E-state index contributed by atoms with van der Waals surface area (Å²) in [4.78, 5) is 17.1. The summed E-state index contributed by atoms with van der Waals surface area (Å²) < 4.78 is 0. The summed E-state index contributed by atoms with van der Waals surface area (Å²) in [6, 6.07) is 20.1. The van der Waals surface area contributed by atoms with Gasteiger partial charge in [-0.15, -0.1) is 0 Å². The first-order valence-electron chi connectivity index (χ1n) is 8.46. The highest BCUT2D eigenvalue weighted by Crippen LogP contribution is 2.43. The minimum atomic E-state index is -0.0178. The van der Waals surface area contributed by atoms with Crippen LogP contribution in [-0.4, -0.2) is 17.4 Å². The molecule has 0 saturated heterocycles. The number of nitrogens with one attached hydrogen (secondary N) is 1. The predicted octanol–water partition coefficient (Wildman–Crippen LogP) is 4.09. The van der Waals surface area contributed by atoms with Gasteiger partial charge in [0.05, 0.1) is 5.52 Å². The fourth-order valence-electron chi connectivity index (χ4n) is 3.61. The summed E-state index contributed by atoms with van der Waals surface area (Å²) >= 11 is 0. The normalized spacial score (nSPS) is 15.7. The van der Waals surface area contributed by atoms with E-state index in [0.29, 0.717) is 12.1 Å². The highest BCUT2D eigenvalue weighted by atomic mass is 16.1. The molecule has 0 unspecified atom stereocenters. The zero-order valence-corrected chi connectivity index (χ0v) is 13.5. The number of fused-ring (bicyclic) bond motifs is 1. The molecule has 1 saturated carbocycles. The largest absolute Gasteiger partial charge is 0.351 e. The molecule has 1 aromatic heterocycles. The minimum absolute atomic E-state index is 0.0178. The third-order valence-electron chi connectivity index (χ3n) is 5.17. The molecule has 3 nitrogen and oxygen atoms in total. The molecular weight excluding hydrogens is 296 g/mol. The molecule has 0 aliphatic heterocycles. The first kappa shape index (κ1) is 14.9. The van der Waals surface area contributed by atoms with Crippen LogP contribution in [0.15, 0.2) is 66.9 Å². The number of nitrogens with zero attached hydrogens (tertiary/aromatic N) is 1. The molecule has 2 aromatic carbocycles. The second-order valence-corrected chi connectivity index (χ2v) is 6.56. The number of hydrogen-bond acceptors (Lipinski definition) is 2. The molecule has 1 amide bonds. The first-order valence-corrected chi connectivity index (χ1v) is 8.46. The first-order chi connectivity index (χ1) is 11.8. The third-order valence-corrected chi connectivity index (χ3v) is 5.17. The molecule has 3 heteroatoms. The molecule has 1 fully saturated rings. The minimum Gasteiger partial charge on any atom is -0.351 e. The fraction of sp³-hybridized carbons (Fsp3) is 0.238. The highest BCUT2D eigenvalue weighted by Gasteiger charge is 2.38. The van der Waals surface area contributed by atoms with Gasteiger partial charge in [-0.25, -0.2) is 0 Å². The van der Waals surface area contributed by atoms with Crippen molar-refractivity contribution >= 4 is 16.8 Å². The Bertz CT molecular complexity index is 864. The Morgan fingerprint density at radius 1 is 1.00 bits per heavy atom. The van der Waals surface area contributed by atoms with Gasteiger partial charge in [0.2, 0.25) is 0 Å². The predicted molar refractivity (Wildman–Crippen MR) is 96.0 cm³/mol. The van der Waals surface area contributed by atoms with E-state index in [2.05, 4.69) is 34.6 Å². The van der Waals surface area contributed by atoms with Crippen molar-refractivity contribution in [3.63, 3.8) is 0 Å². The van der Waals surface area contributed by atoms with Crippen molar-refractivity contribution in [1.82, 2.24) is 10.3 Å². The van der Waals surface area contributed by atoms with E-state index in [1.165, 1.54) is 12.0 Å². The van der Waals surface area contributed by atoms with Crippen molar-refractivity contribution in [2.24, 2.45) is 0 Å². The molecule has 120 valence electrons. The van der Waals surface area contributed by atoms with Gasteiger partial charge in [-0.1, -0.05) is 48.9 Å². The van der Waals surface area contributed by atoms with Crippen LogP contribution in [0.4, 0.5) is 0 Å². The molecule has 24 heavy (non-hydrogen) atoms. The maximum absolute atomic E-state index is 12.7. The number of aromatic nitrogens is 1. The number of hydrogen-bond donors (Lipinski definition) is 1. The topological polar surface area (TPSA) is 42.0 Å². The van der Waals surface area contributed by atoms with Gasteiger partial charge in [-0.2, -0.15) is 0 Å². The lowest BCUT2D eigenvalue weighted by Crippen LogP contribution is -2.45. The van der Waals surface area contributed by atoms with E-state index in [0.717, 1.165) is 23.7 Å². The molecule has 1 N–H and O–H groups in total. The van der Waals surface area contributed by atoms with Gasteiger partial charge in [-0.05, 0) is 36.6 Å². The van der Waals surface area contributed by atoms with E-state index in [1.807, 2.05) is 36.4 Å². The lowest BCUT2D eigenvalue weighted by atomic mass is 9.64. The lowest BCUT2D eigenvalue weighted by molar-refractivity contribution is 0.0929. The van der Waals surface area contributed by atoms with Crippen molar-refractivity contribution < 1.29 is 4.79 Å². The quantitative estimate of drug-likeness (QED) is 0.788. The van der Waals surface area contributed by atoms with E-state index >= 15 is 0 Å². The zero-order chi connectivity index (χ0) is 16.4. The van der Waals surface area contributed by atoms with Crippen LogP contribution < -0.4 is 5.32 Å². The Kier molecular flexibility index (Phi) is 3.77. The van der Waals surface area contributed by atoms with Crippen LogP contribution in [0.25, 0.3) is 10.9 Å². The molecule has 3 aromatic rings. The smallest absolute Gasteiger partial charge is 0.251 e. The van der Waals surface area contributed by atoms with Crippen LogP contribution in [0.5, 0.6) is 0 Å². The number of benzene rings is 2. The summed E-state index contributed by atoms with van der Waals surface area (Å²) in [5.74, 6) is -0.0178. The van der Waals surface area contributed by atoms with Crippen molar-refractivity contribution in [2.45, 2.75) is 24.7 Å². The molecule has 0 spiro atoms. The van der Waals surface area contributed by atoms with E-state index < -0.39 is 0 Å². The molecule has 0 bridgehead atoms. The van der Waals surface area contributed by atoms with Crippen molar-refractivity contribution in [3.8, 4) is 0 Å². The summed E-state index contributed by atoms with van der Waals surface area (Å²) in [6.07, 6.45) is 5.24. The molecule has 0 atom stereocenters. The second kappa shape index (κ2) is 6.08. The van der Waals surface area contributed by atoms with Crippen molar-refractivity contribution in [1.29, 1.82) is 0 Å². The van der Waals surface area contributed by atoms with E-state index in [4.69, 9.17) is 0 Å². The second-order valence-electron chi connectivity index (χ2n) is 6.56. The van der Waals surface area contributed by atoms with Gasteiger partial charge < -0.3 is 5.32 Å². The Morgan fingerprint density at radius 2 is 1.83 bits per heavy atom. The number of rotatable bonds is 4. The maximum atomic E-state index is 12.7. The maximum Gasteiger partial charge on any atom is 0.251 e. The Hall–Kier alpha value is -2.68. The summed E-state index contributed by atoms with van der Waals surface area (Å²) in [5, 5.41) is 4.07. The van der Waals surface area contributed by atoms with Gasteiger partial charge in [0, 0.05) is 29.1 Å². The highest BCUT2D eigenvalue weighted by molar-refractivity contribution is 6.06. The number of carbonyl (C=O) groups is 1. The average Bonchev–Trinajstić information content (AvgIpc) is 2.61. The molecule has 1 heterocycles. The van der Waals surface area contributed by atoms with Crippen molar-refractivity contribution in [2.75, 3.05) is 6.54 Å². The van der Waals surface area contributed by atoms with Crippen LogP contribution in [-0.2, 0) is 5.41 Å². The van der Waals surface area contributed by atoms with Crippen LogP contribution in [0.2, 0.25) is 0 Å². The SMILES string of the molecule is O=C(NCC1(c2ccccc2)CCC1)c1cccc2ncccc12. The van der Waals surface area contributed by atoms with E-state index in [1.54, 1.807) is 6.20 Å². The number of amides is 1. The molecule has 1 aliphatic rings. The number of pyridine rings is 1. The molecule has 4 rings (SSSR count). The monoisotopic (exact) mass is 316 g/mol. The van der Waals surface area contributed by atoms with Crippen molar-refractivity contribution in [3.05, 3.63) is 78.0 Å². The summed E-state index contributed by atoms with van der Waals surface area (Å²) in [5.41, 5.74) is 2.98. The van der Waals surface area contributed by atoms with Gasteiger partial charge in [0.1, 0.15) is 0 Å². The van der Waals surface area contributed by atoms with Gasteiger partial charge in [0.15, 0.2) is 0 Å². The Balaban J connectivity index is 1.56. The Labute approximate surface area is 141 Å². The zero-order valence-electron chi connectivity index (χ0n) is 13.5. The standard InChI is InChI=1S/C21H20N2O/c24-20(18-9-4-11-19-17(18)10-5-14-22-19)23-15-21(12-6-13-21)16-7-2-1-3-8-16/h1-5,7-11,14H,6,12-13,15H2,(H,23,24). The molecule has 1 aliphatic carbocycles. The fourth-order valence-corrected chi connectivity index (χ4v) is 3.61. The average molecular weight is 316 g/mol. The van der Waals surface area contributed by atoms with Crippen LogP contribution in [0, 0.1) is 0 Å². The van der Waals surface area contributed by atoms with Crippen LogP contribution in [0.1, 0.15) is 35.2 Å². The Morgan fingerprint density at radius 3 is 2.58 bits per heavy atom. The van der Waals surface area contributed by atoms with Gasteiger partial charge in [0.25, 0.3) is 5.91 Å². The van der Waals surface area contributed by atoms with Gasteiger partial charge in [-0.3, -0.25) is 9.78 Å². The van der Waals surface area contributed by atoms with E-state index in [-0.39, 0.29) is 11.3 Å².